The molecule has 1 aromatic heterocycles. The number of sulfonamides is 1. The summed E-state index contributed by atoms with van der Waals surface area (Å²) in [5.74, 6) is -1.18. The molecule has 0 saturated heterocycles. The third-order valence-corrected chi connectivity index (χ3v) is 5.50. The molecule has 0 bridgehead atoms. The molecule has 156 valence electrons. The molecule has 0 aliphatic carbocycles. The van der Waals surface area contributed by atoms with Gasteiger partial charge >= 0.3 is 5.97 Å². The van der Waals surface area contributed by atoms with Crippen molar-refractivity contribution in [2.75, 3.05) is 6.61 Å². The zero-order chi connectivity index (χ0) is 22.1. The van der Waals surface area contributed by atoms with Gasteiger partial charge in [0.25, 0.3) is 0 Å². The normalized spacial score (nSPS) is 11.3. The van der Waals surface area contributed by atoms with Gasteiger partial charge in [-0.05, 0) is 62.4 Å². The van der Waals surface area contributed by atoms with Crippen molar-refractivity contribution in [3.63, 3.8) is 0 Å². The molecule has 0 saturated carbocycles. The highest BCUT2D eigenvalue weighted by molar-refractivity contribution is 7.89. The monoisotopic (exact) mass is 428 g/mol. The summed E-state index contributed by atoms with van der Waals surface area (Å²) in [7, 11) is -3.80. The Bertz CT molecular complexity index is 1230. The molecule has 0 atom stereocenters. The number of carbonyl (C=O) groups is 2. The summed E-state index contributed by atoms with van der Waals surface area (Å²) >= 11 is 0. The van der Waals surface area contributed by atoms with Gasteiger partial charge in [-0.2, -0.15) is 0 Å². The summed E-state index contributed by atoms with van der Waals surface area (Å²) in [5.41, 5.74) is 2.55. The van der Waals surface area contributed by atoms with Crippen molar-refractivity contribution in [1.82, 2.24) is 4.57 Å². The SMILES string of the molecule is Cc1cc(C(=O)COC(=O)c2cccc(O)c2)c(C)n1-c1ccc(S(N)(=O)=O)cc1. The van der Waals surface area contributed by atoms with Crippen LogP contribution in [0.15, 0.2) is 59.5 Å². The maximum absolute atomic E-state index is 12.6. The van der Waals surface area contributed by atoms with Crippen LogP contribution in [-0.2, 0) is 14.8 Å². The molecule has 3 aromatic rings. The first-order valence-corrected chi connectivity index (χ1v) is 10.4. The summed E-state index contributed by atoms with van der Waals surface area (Å²) in [5, 5.41) is 14.6. The fraction of sp³-hybridized carbons (Fsp3) is 0.143. The van der Waals surface area contributed by atoms with Gasteiger partial charge in [0.2, 0.25) is 15.8 Å². The number of nitrogens with zero attached hydrogens (tertiary/aromatic N) is 1. The number of aromatic nitrogens is 1. The second-order valence-corrected chi connectivity index (χ2v) is 8.27. The third kappa shape index (κ3) is 4.42. The number of benzene rings is 2. The van der Waals surface area contributed by atoms with Crippen molar-refractivity contribution in [3.8, 4) is 11.4 Å². The van der Waals surface area contributed by atoms with Gasteiger partial charge in [-0.15, -0.1) is 0 Å². The van der Waals surface area contributed by atoms with Crippen LogP contribution in [0.1, 0.15) is 32.1 Å². The van der Waals surface area contributed by atoms with Crippen LogP contribution in [0.3, 0.4) is 0 Å². The third-order valence-electron chi connectivity index (χ3n) is 4.57. The van der Waals surface area contributed by atoms with Crippen molar-refractivity contribution in [1.29, 1.82) is 0 Å². The van der Waals surface area contributed by atoms with Crippen molar-refractivity contribution in [3.05, 3.63) is 77.1 Å². The molecule has 9 heteroatoms. The number of phenols is 1. The van der Waals surface area contributed by atoms with Gasteiger partial charge in [0.1, 0.15) is 5.75 Å². The molecule has 0 fully saturated rings. The highest BCUT2D eigenvalue weighted by Crippen LogP contribution is 2.22. The van der Waals surface area contributed by atoms with E-state index in [9.17, 15) is 23.1 Å². The number of nitrogens with two attached hydrogens (primary N) is 1. The van der Waals surface area contributed by atoms with Gasteiger partial charge in [0.05, 0.1) is 10.5 Å². The zero-order valence-electron chi connectivity index (χ0n) is 16.3. The molecule has 3 N–H and O–H groups in total. The second-order valence-electron chi connectivity index (χ2n) is 6.71. The second kappa shape index (κ2) is 8.13. The quantitative estimate of drug-likeness (QED) is 0.458. The van der Waals surface area contributed by atoms with Crippen LogP contribution in [-0.4, -0.2) is 36.5 Å². The van der Waals surface area contributed by atoms with E-state index in [0.717, 1.165) is 5.69 Å². The Morgan fingerprint density at radius 3 is 2.33 bits per heavy atom. The molecular formula is C21H20N2O6S. The molecule has 1 heterocycles. The Morgan fingerprint density at radius 1 is 1.07 bits per heavy atom. The van der Waals surface area contributed by atoms with Gasteiger partial charge < -0.3 is 14.4 Å². The van der Waals surface area contributed by atoms with Gasteiger partial charge in [-0.3, -0.25) is 4.79 Å². The van der Waals surface area contributed by atoms with Gasteiger partial charge in [-0.1, -0.05) is 6.07 Å². The lowest BCUT2D eigenvalue weighted by molar-refractivity contribution is 0.0474. The number of carbonyl (C=O) groups excluding carboxylic acids is 2. The molecule has 0 aliphatic heterocycles. The first-order chi connectivity index (χ1) is 14.1. The fourth-order valence-corrected chi connectivity index (χ4v) is 3.67. The molecule has 2 aromatic carbocycles. The lowest BCUT2D eigenvalue weighted by atomic mass is 10.1. The van der Waals surface area contributed by atoms with Gasteiger partial charge in [-0.25, -0.2) is 18.4 Å². The molecule has 0 unspecified atom stereocenters. The number of ketones is 1. The van der Waals surface area contributed by atoms with Gasteiger partial charge in [0, 0.05) is 22.6 Å². The molecule has 0 amide bonds. The van der Waals surface area contributed by atoms with Crippen molar-refractivity contribution >= 4 is 21.8 Å². The Kier molecular flexibility index (Phi) is 5.77. The number of hydrogen-bond acceptors (Lipinski definition) is 6. The molecule has 3 rings (SSSR count). The van der Waals surface area contributed by atoms with Crippen LogP contribution in [0, 0.1) is 13.8 Å². The number of phenolic OH excluding ortho intramolecular Hbond substituents is 1. The smallest absolute Gasteiger partial charge is 0.338 e. The van der Waals surface area contributed by atoms with E-state index in [2.05, 4.69) is 0 Å². The van der Waals surface area contributed by atoms with E-state index in [0.29, 0.717) is 16.9 Å². The number of aryl methyl sites for hydroxylation is 1. The Balaban J connectivity index is 1.79. The van der Waals surface area contributed by atoms with Crippen LogP contribution in [0.5, 0.6) is 5.75 Å². The molecule has 0 aliphatic rings. The predicted molar refractivity (Wildman–Crippen MR) is 109 cm³/mol. The summed E-state index contributed by atoms with van der Waals surface area (Å²) < 4.78 is 29.7. The average Bonchev–Trinajstić information content (AvgIpc) is 2.99. The molecular weight excluding hydrogens is 408 g/mol. The van der Waals surface area contributed by atoms with E-state index in [1.807, 2.05) is 0 Å². The van der Waals surface area contributed by atoms with Gasteiger partial charge in [0.15, 0.2) is 6.61 Å². The molecule has 8 nitrogen and oxygen atoms in total. The first-order valence-electron chi connectivity index (χ1n) is 8.89. The number of aromatic hydroxyl groups is 1. The van der Waals surface area contributed by atoms with E-state index in [4.69, 9.17) is 9.88 Å². The van der Waals surface area contributed by atoms with Crippen LogP contribution >= 0.6 is 0 Å². The number of rotatable bonds is 6. The number of Topliss-reactive ketones (excluding diaryl/α,β-unsaturated/α-hetero) is 1. The van der Waals surface area contributed by atoms with E-state index < -0.39 is 22.6 Å². The maximum Gasteiger partial charge on any atom is 0.338 e. The van der Waals surface area contributed by atoms with Crippen molar-refractivity contribution in [2.24, 2.45) is 5.14 Å². The summed E-state index contributed by atoms with van der Waals surface area (Å²) in [4.78, 5) is 24.7. The summed E-state index contributed by atoms with van der Waals surface area (Å²) in [6.07, 6.45) is 0. The van der Waals surface area contributed by atoms with E-state index in [1.54, 1.807) is 36.6 Å². The van der Waals surface area contributed by atoms with Crippen LogP contribution in [0.2, 0.25) is 0 Å². The number of ether oxygens (including phenoxy) is 1. The molecule has 0 spiro atoms. The Hall–Kier alpha value is -3.43. The Morgan fingerprint density at radius 2 is 1.73 bits per heavy atom. The minimum Gasteiger partial charge on any atom is -0.508 e. The number of esters is 1. The predicted octanol–water partition coefficient (Wildman–Crippen LogP) is 2.49. The van der Waals surface area contributed by atoms with Crippen LogP contribution < -0.4 is 5.14 Å². The maximum atomic E-state index is 12.6. The van der Waals surface area contributed by atoms with E-state index in [1.165, 1.54) is 36.4 Å². The lowest BCUT2D eigenvalue weighted by Crippen LogP contribution is -2.15. The minimum atomic E-state index is -3.80. The zero-order valence-corrected chi connectivity index (χ0v) is 17.1. The van der Waals surface area contributed by atoms with Crippen molar-refractivity contribution in [2.45, 2.75) is 18.7 Å². The largest absolute Gasteiger partial charge is 0.508 e. The first kappa shape index (κ1) is 21.3. The lowest BCUT2D eigenvalue weighted by Gasteiger charge is -2.10. The molecule has 30 heavy (non-hydrogen) atoms. The fourth-order valence-electron chi connectivity index (χ4n) is 3.15. The van der Waals surface area contributed by atoms with E-state index in [-0.39, 0.29) is 22.0 Å². The average molecular weight is 428 g/mol. The Labute approximate surface area is 173 Å². The highest BCUT2D eigenvalue weighted by atomic mass is 32.2. The van der Waals surface area contributed by atoms with E-state index >= 15 is 0 Å². The van der Waals surface area contributed by atoms with Crippen LogP contribution in [0.25, 0.3) is 5.69 Å². The van der Waals surface area contributed by atoms with Crippen molar-refractivity contribution < 1.29 is 27.9 Å². The minimum absolute atomic E-state index is 0.0103. The highest BCUT2D eigenvalue weighted by Gasteiger charge is 2.19. The topological polar surface area (TPSA) is 129 Å². The molecule has 0 radical (unpaired) electrons. The standard InChI is InChI=1S/C21H20N2O6S/c1-13-10-19(20(25)12-29-21(26)15-4-3-5-17(24)11-15)14(2)23(13)16-6-8-18(9-7-16)30(22,27)28/h3-11,24H,12H2,1-2H3,(H2,22,27,28). The summed E-state index contributed by atoms with van der Waals surface area (Å²) in [6.45, 7) is 3.09. The number of primary sulfonamides is 1. The summed E-state index contributed by atoms with van der Waals surface area (Å²) in [6, 6.07) is 13.3. The number of hydrogen-bond donors (Lipinski definition) is 2. The van der Waals surface area contributed by atoms with Crippen LogP contribution in [0.4, 0.5) is 0 Å².